The molecular formula is C60H116N2O8. The highest BCUT2D eigenvalue weighted by Gasteiger charge is 2.23. The second kappa shape index (κ2) is 50.2. The summed E-state index contributed by atoms with van der Waals surface area (Å²) in [5.41, 5.74) is 0. The summed E-state index contributed by atoms with van der Waals surface area (Å²) in [6.45, 7) is 14.7. The zero-order chi connectivity index (χ0) is 51.7. The lowest BCUT2D eigenvalue weighted by atomic mass is 10.0. The third-order valence-electron chi connectivity index (χ3n) is 13.9. The summed E-state index contributed by atoms with van der Waals surface area (Å²) in [5, 5.41) is 0. The van der Waals surface area contributed by atoms with Gasteiger partial charge in [0.25, 0.3) is 0 Å². The van der Waals surface area contributed by atoms with Gasteiger partial charge in [-0.25, -0.2) is 4.79 Å². The van der Waals surface area contributed by atoms with Crippen LogP contribution in [0.4, 0.5) is 4.79 Å². The van der Waals surface area contributed by atoms with Crippen LogP contribution < -0.4 is 0 Å². The first-order chi connectivity index (χ1) is 34.0. The number of carbonyl (C=O) groups is 4. The summed E-state index contributed by atoms with van der Waals surface area (Å²) >= 11 is 0. The van der Waals surface area contributed by atoms with Crippen molar-refractivity contribution in [2.24, 2.45) is 0 Å². The Labute approximate surface area is 433 Å². The van der Waals surface area contributed by atoms with Crippen molar-refractivity contribution in [2.45, 2.75) is 329 Å². The van der Waals surface area contributed by atoms with Crippen LogP contribution in [0, 0.1) is 0 Å². The molecule has 0 aromatic carbocycles. The van der Waals surface area contributed by atoms with Gasteiger partial charge < -0.3 is 28.7 Å². The number of rotatable bonds is 52. The molecule has 1 unspecified atom stereocenters. The molecule has 0 aliphatic heterocycles. The zero-order valence-electron chi connectivity index (χ0n) is 47.6. The summed E-state index contributed by atoms with van der Waals surface area (Å²) in [5.74, 6) is -0.310. The van der Waals surface area contributed by atoms with Crippen molar-refractivity contribution in [3.8, 4) is 0 Å². The van der Waals surface area contributed by atoms with E-state index in [1.807, 2.05) is 21.0 Å². The summed E-state index contributed by atoms with van der Waals surface area (Å²) in [4.78, 5) is 56.2. The number of unbranched alkanes of at least 4 members (excludes halogenated alkanes) is 22. The van der Waals surface area contributed by atoms with Gasteiger partial charge >= 0.3 is 24.0 Å². The topological polar surface area (TPSA) is 112 Å². The minimum Gasteiger partial charge on any atom is -0.462 e. The quantitative estimate of drug-likeness (QED) is 0.0334. The molecule has 0 aromatic heterocycles. The molecule has 0 saturated carbocycles. The van der Waals surface area contributed by atoms with Gasteiger partial charge in [0.15, 0.2) is 0 Å². The molecule has 0 fully saturated rings. The molecule has 0 rings (SSSR count). The van der Waals surface area contributed by atoms with E-state index in [-0.39, 0.29) is 54.8 Å². The van der Waals surface area contributed by atoms with Crippen molar-refractivity contribution in [2.75, 3.05) is 33.7 Å². The maximum atomic E-state index is 13.9. The Morgan fingerprint density at radius 2 is 0.643 bits per heavy atom. The number of hydrogen-bond acceptors (Lipinski definition) is 9. The minimum atomic E-state index is -0.329. The molecule has 0 spiro atoms. The Kier molecular flexibility index (Phi) is 48.5. The summed E-state index contributed by atoms with van der Waals surface area (Å²) < 4.78 is 24.1. The maximum Gasteiger partial charge on any atom is 0.410 e. The van der Waals surface area contributed by atoms with Crippen molar-refractivity contribution >= 4 is 24.0 Å². The highest BCUT2D eigenvalue weighted by atomic mass is 16.6. The third kappa shape index (κ3) is 43.2. The summed E-state index contributed by atoms with van der Waals surface area (Å²) in [6.07, 6.45) is 41.2. The lowest BCUT2D eigenvalue weighted by Crippen LogP contribution is -2.38. The highest BCUT2D eigenvalue weighted by molar-refractivity contribution is 5.72. The van der Waals surface area contributed by atoms with E-state index in [1.54, 1.807) is 4.90 Å². The van der Waals surface area contributed by atoms with E-state index in [0.29, 0.717) is 25.9 Å². The van der Waals surface area contributed by atoms with Crippen LogP contribution >= 0.6 is 0 Å². The fourth-order valence-electron chi connectivity index (χ4n) is 9.40. The summed E-state index contributed by atoms with van der Waals surface area (Å²) in [6, 6.07) is 0. The molecule has 70 heavy (non-hydrogen) atoms. The van der Waals surface area contributed by atoms with E-state index in [2.05, 4.69) is 39.5 Å². The van der Waals surface area contributed by atoms with Gasteiger partial charge in [0.1, 0.15) is 24.4 Å². The molecule has 10 nitrogen and oxygen atoms in total. The second-order valence-corrected chi connectivity index (χ2v) is 21.1. The second-order valence-electron chi connectivity index (χ2n) is 21.1. The molecule has 1 amide bonds. The molecule has 0 saturated heterocycles. The van der Waals surface area contributed by atoms with Crippen LogP contribution in [0.25, 0.3) is 0 Å². The van der Waals surface area contributed by atoms with Crippen LogP contribution in [0.3, 0.4) is 0 Å². The van der Waals surface area contributed by atoms with E-state index in [4.69, 9.17) is 18.9 Å². The van der Waals surface area contributed by atoms with Gasteiger partial charge in [-0.2, -0.15) is 0 Å². The number of esters is 3. The Bertz CT molecular complexity index is 1120. The molecule has 1 atom stereocenters. The van der Waals surface area contributed by atoms with E-state index in [9.17, 15) is 19.2 Å². The SMILES string of the molecule is CCCCCCC(CCCCCC)OC(=O)CCCCCCCCC(CCCCCCCCC(=O)OC(CCCCCC)CCCCCC)OC(=O)N(CCCN(C)C)CCC(=O)OC(CC)CCC. The third-order valence-corrected chi connectivity index (χ3v) is 13.9. The molecule has 0 bridgehead atoms. The Hall–Kier alpha value is -2.36. The predicted molar refractivity (Wildman–Crippen MR) is 293 cm³/mol. The first-order valence-corrected chi connectivity index (χ1v) is 30.2. The normalized spacial score (nSPS) is 12.1. The van der Waals surface area contributed by atoms with Crippen molar-refractivity contribution in [3.05, 3.63) is 0 Å². The maximum absolute atomic E-state index is 13.9. The van der Waals surface area contributed by atoms with E-state index >= 15 is 0 Å². The standard InChI is InChI=1S/C60H116N2O8/c1-9-15-19-31-41-54(42-32-20-16-10-2)68-57(63)47-37-29-25-23-27-35-45-56(70-60(66)62(51-39-50-61(7)8)52-49-59(65)67-53(14-6)40-13-5)46-36-28-24-26-30-38-48-58(64)69-55(43-33-21-17-11-3)44-34-22-18-12-4/h53-56H,9-52H2,1-8H3. The monoisotopic (exact) mass is 993 g/mol. The Balaban J connectivity index is 5.22. The number of amides is 1. The number of ether oxygens (including phenoxy) is 4. The van der Waals surface area contributed by atoms with Crippen LogP contribution in [0.2, 0.25) is 0 Å². The number of carbonyl (C=O) groups excluding carboxylic acids is 4. The highest BCUT2D eigenvalue weighted by Crippen LogP contribution is 2.22. The Morgan fingerprint density at radius 1 is 0.314 bits per heavy atom. The predicted octanol–water partition coefficient (Wildman–Crippen LogP) is 17.2. The van der Waals surface area contributed by atoms with E-state index < -0.39 is 0 Å². The first-order valence-electron chi connectivity index (χ1n) is 30.2. The van der Waals surface area contributed by atoms with Gasteiger partial charge in [-0.1, -0.05) is 176 Å². The van der Waals surface area contributed by atoms with Crippen LogP contribution in [-0.2, 0) is 33.3 Å². The van der Waals surface area contributed by atoms with Gasteiger partial charge in [-0.3, -0.25) is 14.4 Å². The van der Waals surface area contributed by atoms with Crippen molar-refractivity contribution in [3.63, 3.8) is 0 Å². The zero-order valence-corrected chi connectivity index (χ0v) is 47.6. The lowest BCUT2D eigenvalue weighted by Gasteiger charge is -2.26. The first kappa shape index (κ1) is 67.6. The lowest BCUT2D eigenvalue weighted by molar-refractivity contribution is -0.151. The summed E-state index contributed by atoms with van der Waals surface area (Å²) in [7, 11) is 4.06. The van der Waals surface area contributed by atoms with Gasteiger partial charge in [-0.15, -0.1) is 0 Å². The van der Waals surface area contributed by atoms with Gasteiger partial charge in [0.2, 0.25) is 0 Å². The van der Waals surface area contributed by atoms with E-state index in [1.165, 1.54) is 77.0 Å². The average Bonchev–Trinajstić information content (AvgIpc) is 3.33. The van der Waals surface area contributed by atoms with Crippen LogP contribution in [-0.4, -0.2) is 91.9 Å². The van der Waals surface area contributed by atoms with Crippen molar-refractivity contribution in [1.82, 2.24) is 9.80 Å². The smallest absolute Gasteiger partial charge is 0.410 e. The van der Waals surface area contributed by atoms with Gasteiger partial charge in [-0.05, 0) is 130 Å². The molecule has 0 aliphatic carbocycles. The van der Waals surface area contributed by atoms with Crippen LogP contribution in [0.1, 0.15) is 305 Å². The molecule has 10 heteroatoms. The molecule has 0 aromatic rings. The molecule has 0 heterocycles. The Morgan fingerprint density at radius 3 is 1.00 bits per heavy atom. The van der Waals surface area contributed by atoms with Crippen molar-refractivity contribution in [1.29, 1.82) is 0 Å². The minimum absolute atomic E-state index is 0.0278. The molecule has 414 valence electrons. The van der Waals surface area contributed by atoms with Crippen molar-refractivity contribution < 1.29 is 38.1 Å². The van der Waals surface area contributed by atoms with Crippen LogP contribution in [0.5, 0.6) is 0 Å². The molecular weight excluding hydrogens is 877 g/mol. The fourth-order valence-corrected chi connectivity index (χ4v) is 9.40. The number of hydrogen-bond donors (Lipinski definition) is 0. The van der Waals surface area contributed by atoms with E-state index in [0.717, 1.165) is 173 Å². The number of nitrogens with zero attached hydrogens (tertiary/aromatic N) is 2. The molecule has 0 N–H and O–H groups in total. The largest absolute Gasteiger partial charge is 0.462 e. The van der Waals surface area contributed by atoms with Gasteiger partial charge in [0.05, 0.1) is 6.42 Å². The van der Waals surface area contributed by atoms with Crippen LogP contribution in [0.15, 0.2) is 0 Å². The molecule has 0 radical (unpaired) electrons. The molecule has 0 aliphatic rings. The average molecular weight is 994 g/mol. The fraction of sp³-hybridized carbons (Fsp3) is 0.933. The van der Waals surface area contributed by atoms with Gasteiger partial charge in [0, 0.05) is 25.9 Å².